The van der Waals surface area contributed by atoms with Crippen molar-refractivity contribution in [1.29, 1.82) is 0 Å². The van der Waals surface area contributed by atoms with Gasteiger partial charge in [0.05, 0.1) is 5.69 Å². The van der Waals surface area contributed by atoms with Gasteiger partial charge in [-0.2, -0.15) is 4.98 Å². The standard InChI is InChI=1S/C18H28N6O/c1-12(2)18-22-16(23-25-18)7-9-24(4)17-10-15(20-13(3)21-17)14-6-5-8-19-11-14/h10,12,14,19H,5-9,11H2,1-4H3. The Balaban J connectivity index is 1.66. The maximum absolute atomic E-state index is 5.27. The fraction of sp³-hybridized carbons (Fsp3) is 0.667. The number of aryl methyl sites for hydroxylation is 1. The van der Waals surface area contributed by atoms with Crippen molar-refractivity contribution in [3.8, 4) is 0 Å². The molecular weight excluding hydrogens is 316 g/mol. The van der Waals surface area contributed by atoms with Gasteiger partial charge in [0.25, 0.3) is 0 Å². The summed E-state index contributed by atoms with van der Waals surface area (Å²) in [5.74, 6) is 3.97. The molecule has 3 rings (SSSR count). The SMILES string of the molecule is Cc1nc(C2CCCNC2)cc(N(C)CCc2noc(C(C)C)n2)n1. The smallest absolute Gasteiger partial charge is 0.229 e. The molecule has 1 fully saturated rings. The van der Waals surface area contributed by atoms with Crippen LogP contribution in [0.4, 0.5) is 5.82 Å². The molecule has 1 atom stereocenters. The van der Waals surface area contributed by atoms with E-state index in [0.717, 1.165) is 49.2 Å². The molecule has 7 nitrogen and oxygen atoms in total. The third-order valence-corrected chi connectivity index (χ3v) is 4.60. The minimum absolute atomic E-state index is 0.259. The maximum Gasteiger partial charge on any atom is 0.229 e. The van der Waals surface area contributed by atoms with E-state index in [1.54, 1.807) is 0 Å². The van der Waals surface area contributed by atoms with Gasteiger partial charge in [-0.15, -0.1) is 0 Å². The Morgan fingerprint density at radius 3 is 2.84 bits per heavy atom. The average molecular weight is 344 g/mol. The molecule has 1 N–H and O–H groups in total. The summed E-state index contributed by atoms with van der Waals surface area (Å²) in [6, 6.07) is 2.13. The van der Waals surface area contributed by atoms with E-state index in [1.165, 1.54) is 12.8 Å². The summed E-state index contributed by atoms with van der Waals surface area (Å²) in [5.41, 5.74) is 1.14. The Labute approximate surface area is 149 Å². The molecule has 3 heterocycles. The minimum Gasteiger partial charge on any atom is -0.359 e. The second-order valence-corrected chi connectivity index (χ2v) is 7.12. The Morgan fingerprint density at radius 1 is 1.32 bits per heavy atom. The van der Waals surface area contributed by atoms with E-state index in [2.05, 4.69) is 50.2 Å². The zero-order valence-electron chi connectivity index (χ0n) is 15.6. The molecule has 7 heteroatoms. The molecule has 0 bridgehead atoms. The summed E-state index contributed by atoms with van der Waals surface area (Å²) < 4.78 is 5.27. The van der Waals surface area contributed by atoms with Gasteiger partial charge in [-0.05, 0) is 26.3 Å². The van der Waals surface area contributed by atoms with Gasteiger partial charge in [0.2, 0.25) is 5.89 Å². The van der Waals surface area contributed by atoms with Crippen LogP contribution in [0, 0.1) is 6.92 Å². The molecule has 1 saturated heterocycles. The molecule has 0 radical (unpaired) electrons. The van der Waals surface area contributed by atoms with Gasteiger partial charge in [0.1, 0.15) is 11.6 Å². The highest BCUT2D eigenvalue weighted by atomic mass is 16.5. The molecule has 0 spiro atoms. The molecule has 25 heavy (non-hydrogen) atoms. The second-order valence-electron chi connectivity index (χ2n) is 7.12. The number of likely N-dealkylation sites (N-methyl/N-ethyl adjacent to an activating group) is 1. The largest absolute Gasteiger partial charge is 0.359 e. The van der Waals surface area contributed by atoms with Crippen LogP contribution in [0.25, 0.3) is 0 Å². The van der Waals surface area contributed by atoms with Crippen molar-refractivity contribution < 1.29 is 4.52 Å². The summed E-state index contributed by atoms with van der Waals surface area (Å²) in [6.07, 6.45) is 3.12. The number of hydrogen-bond donors (Lipinski definition) is 1. The monoisotopic (exact) mass is 344 g/mol. The van der Waals surface area contributed by atoms with Gasteiger partial charge >= 0.3 is 0 Å². The van der Waals surface area contributed by atoms with Gasteiger partial charge in [-0.3, -0.25) is 0 Å². The van der Waals surface area contributed by atoms with Crippen LogP contribution in [0.3, 0.4) is 0 Å². The fourth-order valence-electron chi connectivity index (χ4n) is 3.07. The minimum atomic E-state index is 0.259. The van der Waals surface area contributed by atoms with Crippen LogP contribution < -0.4 is 10.2 Å². The quantitative estimate of drug-likeness (QED) is 0.862. The van der Waals surface area contributed by atoms with E-state index in [4.69, 9.17) is 4.52 Å². The average Bonchev–Trinajstić information content (AvgIpc) is 3.09. The van der Waals surface area contributed by atoms with Crippen molar-refractivity contribution >= 4 is 5.82 Å². The molecular formula is C18H28N6O. The Kier molecular flexibility index (Phi) is 5.63. The van der Waals surface area contributed by atoms with Gasteiger partial charge < -0.3 is 14.7 Å². The molecule has 0 saturated carbocycles. The number of nitrogens with one attached hydrogen (secondary N) is 1. The van der Waals surface area contributed by atoms with Crippen molar-refractivity contribution in [3.63, 3.8) is 0 Å². The van der Waals surface area contributed by atoms with Gasteiger partial charge in [0, 0.05) is 44.5 Å². The first kappa shape index (κ1) is 17.8. The van der Waals surface area contributed by atoms with Crippen molar-refractivity contribution in [1.82, 2.24) is 25.4 Å². The predicted molar refractivity (Wildman–Crippen MR) is 97.0 cm³/mol. The molecule has 1 aliphatic heterocycles. The number of aromatic nitrogens is 4. The van der Waals surface area contributed by atoms with Gasteiger partial charge in [0.15, 0.2) is 5.82 Å². The fourth-order valence-corrected chi connectivity index (χ4v) is 3.07. The molecule has 136 valence electrons. The van der Waals surface area contributed by atoms with Crippen molar-refractivity contribution in [2.45, 2.75) is 51.9 Å². The van der Waals surface area contributed by atoms with Gasteiger partial charge in [-0.25, -0.2) is 9.97 Å². The summed E-state index contributed by atoms with van der Waals surface area (Å²) in [6.45, 7) is 8.96. The van der Waals surface area contributed by atoms with Crippen molar-refractivity contribution in [2.75, 3.05) is 31.6 Å². The molecule has 1 unspecified atom stereocenters. The van der Waals surface area contributed by atoms with E-state index in [0.29, 0.717) is 11.8 Å². The van der Waals surface area contributed by atoms with Crippen LogP contribution in [0.1, 0.15) is 61.8 Å². The highest BCUT2D eigenvalue weighted by Gasteiger charge is 2.19. The van der Waals surface area contributed by atoms with Crippen LogP contribution in [-0.4, -0.2) is 46.8 Å². The topological polar surface area (TPSA) is 80.0 Å². The molecule has 0 aliphatic carbocycles. The van der Waals surface area contributed by atoms with E-state index in [1.807, 2.05) is 14.0 Å². The second kappa shape index (κ2) is 7.91. The van der Waals surface area contributed by atoms with Crippen LogP contribution in [-0.2, 0) is 6.42 Å². The van der Waals surface area contributed by atoms with E-state index < -0.39 is 0 Å². The van der Waals surface area contributed by atoms with Crippen molar-refractivity contribution in [3.05, 3.63) is 29.3 Å². The third kappa shape index (κ3) is 4.54. The zero-order chi connectivity index (χ0) is 17.8. The third-order valence-electron chi connectivity index (χ3n) is 4.60. The van der Waals surface area contributed by atoms with E-state index in [-0.39, 0.29) is 5.92 Å². The Morgan fingerprint density at radius 2 is 2.16 bits per heavy atom. The predicted octanol–water partition coefficient (Wildman–Crippen LogP) is 2.44. The molecule has 2 aromatic heterocycles. The maximum atomic E-state index is 5.27. The van der Waals surface area contributed by atoms with Crippen LogP contribution in [0.2, 0.25) is 0 Å². The van der Waals surface area contributed by atoms with Crippen molar-refractivity contribution in [2.24, 2.45) is 0 Å². The molecule has 1 aliphatic rings. The zero-order valence-corrected chi connectivity index (χ0v) is 15.6. The number of rotatable bonds is 6. The lowest BCUT2D eigenvalue weighted by atomic mass is 9.96. The molecule has 0 aromatic carbocycles. The normalized spacial score (nSPS) is 17.9. The summed E-state index contributed by atoms with van der Waals surface area (Å²) in [5, 5.41) is 7.52. The summed E-state index contributed by atoms with van der Waals surface area (Å²) in [7, 11) is 2.05. The van der Waals surface area contributed by atoms with E-state index in [9.17, 15) is 0 Å². The Hall–Kier alpha value is -2.02. The summed E-state index contributed by atoms with van der Waals surface area (Å²) >= 11 is 0. The first-order chi connectivity index (χ1) is 12.0. The summed E-state index contributed by atoms with van der Waals surface area (Å²) in [4.78, 5) is 15.8. The number of hydrogen-bond acceptors (Lipinski definition) is 7. The highest BCUT2D eigenvalue weighted by molar-refractivity contribution is 5.40. The lowest BCUT2D eigenvalue weighted by Crippen LogP contribution is -2.29. The number of piperidine rings is 1. The number of nitrogens with zero attached hydrogens (tertiary/aromatic N) is 5. The van der Waals surface area contributed by atoms with Crippen LogP contribution in [0.5, 0.6) is 0 Å². The van der Waals surface area contributed by atoms with Crippen LogP contribution in [0.15, 0.2) is 10.6 Å². The lowest BCUT2D eigenvalue weighted by molar-refractivity contribution is 0.360. The van der Waals surface area contributed by atoms with E-state index >= 15 is 0 Å². The first-order valence-corrected chi connectivity index (χ1v) is 9.13. The number of anilines is 1. The highest BCUT2D eigenvalue weighted by Crippen LogP contribution is 2.24. The van der Waals surface area contributed by atoms with Crippen LogP contribution >= 0.6 is 0 Å². The molecule has 2 aromatic rings. The molecule has 0 amide bonds. The van der Waals surface area contributed by atoms with Gasteiger partial charge in [-0.1, -0.05) is 19.0 Å². The first-order valence-electron chi connectivity index (χ1n) is 9.13. The lowest BCUT2D eigenvalue weighted by Gasteiger charge is -2.24. The Bertz CT molecular complexity index is 693.